The van der Waals surface area contributed by atoms with Crippen molar-refractivity contribution in [1.29, 1.82) is 0 Å². The summed E-state index contributed by atoms with van der Waals surface area (Å²) in [6.45, 7) is 2.55. The van der Waals surface area contributed by atoms with Crippen molar-refractivity contribution in [2.24, 2.45) is 0 Å². The van der Waals surface area contributed by atoms with Crippen LogP contribution < -0.4 is 10.5 Å². The molecule has 8 nitrogen and oxygen atoms in total. The lowest BCUT2D eigenvalue weighted by Crippen LogP contribution is -2.30. The largest absolute Gasteiger partial charge is 0.473 e. The molecule has 1 aliphatic heterocycles. The van der Waals surface area contributed by atoms with Gasteiger partial charge in [0.25, 0.3) is 5.91 Å². The highest BCUT2D eigenvalue weighted by molar-refractivity contribution is 5.94. The Morgan fingerprint density at radius 1 is 1.23 bits per heavy atom. The molecule has 9 heteroatoms. The Morgan fingerprint density at radius 3 is 2.80 bits per heavy atom. The Morgan fingerprint density at radius 2 is 2.06 bits per heavy atom. The molecule has 5 rings (SSSR count). The summed E-state index contributed by atoms with van der Waals surface area (Å²) in [7, 11) is 0. The number of nitrogens with zero attached hydrogens (tertiary/aromatic N) is 5. The molecule has 4 aromatic rings. The third kappa shape index (κ3) is 4.38. The number of rotatable bonds is 5. The number of pyridine rings is 1. The third-order valence-electron chi connectivity index (χ3n) is 5.96. The van der Waals surface area contributed by atoms with Gasteiger partial charge in [-0.05, 0) is 49.4 Å². The van der Waals surface area contributed by atoms with Crippen LogP contribution in [-0.2, 0) is 11.4 Å². The monoisotopic (exact) mass is 470 g/mol. The summed E-state index contributed by atoms with van der Waals surface area (Å²) in [4.78, 5) is 27.9. The van der Waals surface area contributed by atoms with Gasteiger partial charge in [-0.25, -0.2) is 19.3 Å². The number of halogens is 1. The fraction of sp³-hybridized carbons (Fsp3) is 0.231. The number of aromatic nitrogens is 4. The van der Waals surface area contributed by atoms with Crippen LogP contribution in [0.25, 0.3) is 16.8 Å². The molecule has 2 N–H and O–H groups in total. The lowest BCUT2D eigenvalue weighted by atomic mass is 10.2. The van der Waals surface area contributed by atoms with Crippen LogP contribution in [0.15, 0.2) is 55.0 Å². The van der Waals surface area contributed by atoms with E-state index in [1.807, 2.05) is 10.5 Å². The van der Waals surface area contributed by atoms with Gasteiger partial charge in [-0.1, -0.05) is 18.1 Å². The lowest BCUT2D eigenvalue weighted by Gasteiger charge is -2.21. The maximum absolute atomic E-state index is 13.1. The number of amides is 1. The number of hydrogen-bond donors (Lipinski definition) is 1. The second-order valence-electron chi connectivity index (χ2n) is 8.18. The summed E-state index contributed by atoms with van der Waals surface area (Å²) in [5.74, 6) is 6.30. The van der Waals surface area contributed by atoms with Crippen LogP contribution in [0.3, 0.4) is 0 Å². The maximum atomic E-state index is 13.1. The van der Waals surface area contributed by atoms with Gasteiger partial charge in [0, 0.05) is 36.8 Å². The number of carbonyl (C=O) groups excluding carboxylic acids is 1. The number of fused-ring (bicyclic) bond motifs is 1. The molecule has 0 bridgehead atoms. The minimum Gasteiger partial charge on any atom is -0.473 e. The van der Waals surface area contributed by atoms with Crippen molar-refractivity contribution < 1.29 is 13.9 Å². The molecule has 1 fully saturated rings. The first-order valence-electron chi connectivity index (χ1n) is 11.2. The predicted molar refractivity (Wildman–Crippen MR) is 129 cm³/mol. The topological polar surface area (TPSA) is 98.6 Å². The molecule has 1 amide bonds. The van der Waals surface area contributed by atoms with Gasteiger partial charge in [-0.3, -0.25) is 9.20 Å². The molecule has 0 radical (unpaired) electrons. The van der Waals surface area contributed by atoms with Gasteiger partial charge in [0.2, 0.25) is 5.88 Å². The van der Waals surface area contributed by atoms with Crippen LogP contribution in [0.1, 0.15) is 37.2 Å². The molecular weight excluding hydrogens is 447 g/mol. The van der Waals surface area contributed by atoms with Crippen molar-refractivity contribution in [3.8, 4) is 29.0 Å². The van der Waals surface area contributed by atoms with Crippen LogP contribution in [-0.4, -0.2) is 36.7 Å². The van der Waals surface area contributed by atoms with Crippen molar-refractivity contribution in [3.05, 3.63) is 72.2 Å². The fourth-order valence-electron chi connectivity index (χ4n) is 4.32. The first-order chi connectivity index (χ1) is 17.0. The number of anilines is 1. The second-order valence-corrected chi connectivity index (χ2v) is 8.18. The van der Waals surface area contributed by atoms with E-state index in [0.717, 1.165) is 24.0 Å². The molecule has 1 atom stereocenters. The molecule has 35 heavy (non-hydrogen) atoms. The standard InChI is InChI=1S/C26H23FN6O2/c1-2-4-22(34)32-13-3-5-20(32)26-31-23(24-25(28)29-12-14-33(24)26)18-8-11-21(30-15-18)35-16-17-6-9-19(27)10-7-17/h6-12,14-15,20H,3,5,13,16H2,1H3,(H2,28,29)/t20-/m0/s1. The Hall–Kier alpha value is -4.45. The second kappa shape index (κ2) is 9.43. The number of hydrogen-bond acceptors (Lipinski definition) is 6. The SMILES string of the molecule is CC#CC(=O)N1CCC[C@H]1c1nc(-c2ccc(OCc3ccc(F)cc3)nc2)c2c(N)nccn12. The van der Waals surface area contributed by atoms with Crippen LogP contribution in [0.5, 0.6) is 5.88 Å². The summed E-state index contributed by atoms with van der Waals surface area (Å²) in [5, 5.41) is 0. The molecule has 4 heterocycles. The molecule has 0 spiro atoms. The van der Waals surface area contributed by atoms with Gasteiger partial charge in [-0.15, -0.1) is 0 Å². The normalized spacial score (nSPS) is 15.1. The summed E-state index contributed by atoms with van der Waals surface area (Å²) in [5.41, 5.74) is 9.12. The first-order valence-corrected chi connectivity index (χ1v) is 11.2. The molecule has 0 unspecified atom stereocenters. The van der Waals surface area contributed by atoms with E-state index in [2.05, 4.69) is 21.8 Å². The Labute approximate surface area is 201 Å². The van der Waals surface area contributed by atoms with E-state index in [4.69, 9.17) is 15.5 Å². The quantitative estimate of drug-likeness (QED) is 0.446. The highest BCUT2D eigenvalue weighted by Gasteiger charge is 2.33. The van der Waals surface area contributed by atoms with Crippen LogP contribution in [0, 0.1) is 17.7 Å². The van der Waals surface area contributed by atoms with Crippen molar-refractivity contribution in [1.82, 2.24) is 24.3 Å². The van der Waals surface area contributed by atoms with E-state index >= 15 is 0 Å². The van der Waals surface area contributed by atoms with Crippen molar-refractivity contribution in [2.75, 3.05) is 12.3 Å². The van der Waals surface area contributed by atoms with Crippen LogP contribution in [0.2, 0.25) is 0 Å². The van der Waals surface area contributed by atoms with E-state index in [0.29, 0.717) is 35.3 Å². The fourth-order valence-corrected chi connectivity index (χ4v) is 4.32. The van der Waals surface area contributed by atoms with Crippen molar-refractivity contribution in [3.63, 3.8) is 0 Å². The molecule has 3 aromatic heterocycles. The number of ether oxygens (including phenoxy) is 1. The van der Waals surface area contributed by atoms with Gasteiger partial charge < -0.3 is 15.4 Å². The summed E-state index contributed by atoms with van der Waals surface area (Å²) in [6, 6.07) is 9.51. The van der Waals surface area contributed by atoms with Gasteiger partial charge in [0.1, 0.15) is 35.3 Å². The van der Waals surface area contributed by atoms with Crippen molar-refractivity contribution >= 4 is 17.2 Å². The number of nitrogen functional groups attached to an aromatic ring is 1. The Kier molecular flexibility index (Phi) is 6.02. The maximum Gasteiger partial charge on any atom is 0.299 e. The van der Waals surface area contributed by atoms with E-state index in [9.17, 15) is 9.18 Å². The molecule has 0 aliphatic carbocycles. The molecule has 1 aromatic carbocycles. The number of imidazole rings is 1. The third-order valence-corrected chi connectivity index (χ3v) is 5.96. The average Bonchev–Trinajstić information content (AvgIpc) is 3.50. The zero-order valence-corrected chi connectivity index (χ0v) is 19.1. The average molecular weight is 471 g/mol. The van der Waals surface area contributed by atoms with Gasteiger partial charge >= 0.3 is 0 Å². The number of nitrogens with two attached hydrogens (primary N) is 1. The predicted octanol–water partition coefficient (Wildman–Crippen LogP) is 3.78. The van der Waals surface area contributed by atoms with Crippen LogP contribution >= 0.6 is 0 Å². The van der Waals surface area contributed by atoms with E-state index in [1.165, 1.54) is 12.1 Å². The summed E-state index contributed by atoms with van der Waals surface area (Å²) < 4.78 is 20.7. The van der Waals surface area contributed by atoms with E-state index in [-0.39, 0.29) is 24.4 Å². The first kappa shape index (κ1) is 22.3. The Bertz CT molecular complexity index is 1440. The zero-order valence-electron chi connectivity index (χ0n) is 19.1. The van der Waals surface area contributed by atoms with Gasteiger partial charge in [0.15, 0.2) is 0 Å². The summed E-state index contributed by atoms with van der Waals surface area (Å²) >= 11 is 0. The number of benzene rings is 1. The van der Waals surface area contributed by atoms with Gasteiger partial charge in [0.05, 0.1) is 6.04 Å². The molecule has 0 saturated carbocycles. The molecule has 1 saturated heterocycles. The van der Waals surface area contributed by atoms with Crippen molar-refractivity contribution in [2.45, 2.75) is 32.4 Å². The lowest BCUT2D eigenvalue weighted by molar-refractivity contribution is -0.126. The van der Waals surface area contributed by atoms with E-state index < -0.39 is 0 Å². The molecule has 1 aliphatic rings. The van der Waals surface area contributed by atoms with Crippen LogP contribution in [0.4, 0.5) is 10.2 Å². The summed E-state index contributed by atoms with van der Waals surface area (Å²) in [6.07, 6.45) is 6.74. The zero-order chi connectivity index (χ0) is 24.4. The smallest absolute Gasteiger partial charge is 0.299 e. The number of carbonyl (C=O) groups is 1. The molecular formula is C26H23FN6O2. The highest BCUT2D eigenvalue weighted by Crippen LogP contribution is 2.36. The number of likely N-dealkylation sites (tertiary alicyclic amines) is 1. The van der Waals surface area contributed by atoms with Gasteiger partial charge in [-0.2, -0.15) is 0 Å². The molecule has 176 valence electrons. The van der Waals surface area contributed by atoms with E-state index in [1.54, 1.807) is 48.6 Å². The minimum atomic E-state index is -0.292. The highest BCUT2D eigenvalue weighted by atomic mass is 19.1. The minimum absolute atomic E-state index is 0.209. The Balaban J connectivity index is 1.46.